The van der Waals surface area contributed by atoms with Crippen molar-refractivity contribution >= 4 is 46.7 Å². The number of aryl methyl sites for hydroxylation is 1. The first-order valence-corrected chi connectivity index (χ1v) is 12.3. The molecule has 1 aromatic heterocycles. The number of hydrogen-bond donors (Lipinski definition) is 1. The number of carbonyl (C=O) groups is 2. The van der Waals surface area contributed by atoms with Gasteiger partial charge in [0.1, 0.15) is 11.0 Å². The average molecular weight is 476 g/mol. The Morgan fingerprint density at radius 3 is 2.66 bits per heavy atom. The van der Waals surface area contributed by atoms with Crippen molar-refractivity contribution < 1.29 is 9.59 Å². The van der Waals surface area contributed by atoms with Crippen molar-refractivity contribution in [1.82, 2.24) is 14.9 Å². The van der Waals surface area contributed by atoms with Gasteiger partial charge >= 0.3 is 0 Å². The number of aromatic nitrogens is 2. The molecule has 1 atom stereocenters. The summed E-state index contributed by atoms with van der Waals surface area (Å²) in [7, 11) is 0. The van der Waals surface area contributed by atoms with Crippen LogP contribution in [0.25, 0.3) is 0 Å². The second-order valence-electron chi connectivity index (χ2n) is 8.02. The molecule has 0 bridgehead atoms. The lowest BCUT2D eigenvalue weighted by atomic mass is 10.1. The van der Waals surface area contributed by atoms with Crippen LogP contribution in [-0.4, -0.2) is 58.1 Å². The maximum absolute atomic E-state index is 12.4. The number of carbonyl (C=O) groups excluding carboxylic acids is 2. The Morgan fingerprint density at radius 2 is 1.97 bits per heavy atom. The molecule has 1 aliphatic rings. The number of halogens is 1. The first-order chi connectivity index (χ1) is 15.4. The quantitative estimate of drug-likeness (QED) is 0.346. The molecular formula is C23H30ClN5O2S. The Bertz CT molecular complexity index is 940. The third-order valence-corrected chi connectivity index (χ3v) is 6.39. The van der Waals surface area contributed by atoms with Gasteiger partial charge in [0.05, 0.1) is 5.75 Å². The fourth-order valence-corrected chi connectivity index (χ4v) is 4.46. The van der Waals surface area contributed by atoms with Crippen molar-refractivity contribution in [2.75, 3.05) is 35.6 Å². The van der Waals surface area contributed by atoms with Gasteiger partial charge in [0.25, 0.3) is 0 Å². The summed E-state index contributed by atoms with van der Waals surface area (Å²) in [5, 5.41) is 3.67. The molecule has 2 heterocycles. The van der Waals surface area contributed by atoms with Gasteiger partial charge in [-0.3, -0.25) is 9.59 Å². The predicted molar refractivity (Wildman–Crippen MR) is 130 cm³/mol. The van der Waals surface area contributed by atoms with E-state index < -0.39 is 0 Å². The van der Waals surface area contributed by atoms with Crippen LogP contribution in [0.5, 0.6) is 0 Å². The normalized spacial score (nSPS) is 16.2. The van der Waals surface area contributed by atoms with E-state index in [0.29, 0.717) is 36.4 Å². The zero-order chi connectivity index (χ0) is 23.1. The summed E-state index contributed by atoms with van der Waals surface area (Å²) in [5.41, 5.74) is 1.90. The van der Waals surface area contributed by atoms with Crippen LogP contribution >= 0.6 is 23.4 Å². The van der Waals surface area contributed by atoms with E-state index in [9.17, 15) is 9.59 Å². The molecule has 1 saturated heterocycles. The number of thioether (sulfide) groups is 1. The minimum Gasteiger partial charge on any atom is -0.353 e. The summed E-state index contributed by atoms with van der Waals surface area (Å²) in [5.74, 6) is 0.996. The maximum Gasteiger partial charge on any atom is 0.234 e. The van der Waals surface area contributed by atoms with Gasteiger partial charge in [0.15, 0.2) is 5.16 Å². The van der Waals surface area contributed by atoms with Gasteiger partial charge in [0, 0.05) is 43.9 Å². The van der Waals surface area contributed by atoms with Crippen LogP contribution in [0.15, 0.2) is 35.5 Å². The van der Waals surface area contributed by atoms with E-state index >= 15 is 0 Å². The molecule has 0 spiro atoms. The third-order valence-electron chi connectivity index (χ3n) is 5.34. The van der Waals surface area contributed by atoms with Crippen LogP contribution in [0.4, 0.5) is 11.5 Å². The molecule has 1 aliphatic heterocycles. The first-order valence-electron chi connectivity index (χ1n) is 10.9. The van der Waals surface area contributed by atoms with Crippen molar-refractivity contribution in [2.24, 2.45) is 0 Å². The number of nitrogens with zero attached hydrogens (tertiary/aromatic N) is 4. The van der Waals surface area contributed by atoms with Crippen LogP contribution in [0.1, 0.15) is 38.7 Å². The highest BCUT2D eigenvalue weighted by Gasteiger charge is 2.28. The molecule has 2 amide bonds. The van der Waals surface area contributed by atoms with E-state index in [4.69, 9.17) is 11.6 Å². The molecule has 1 N–H and O–H groups in total. The fraction of sp³-hybridized carbons (Fsp3) is 0.478. The molecule has 0 radical (unpaired) electrons. The molecule has 1 fully saturated rings. The molecule has 7 nitrogen and oxygen atoms in total. The van der Waals surface area contributed by atoms with Crippen LogP contribution in [0, 0.1) is 6.92 Å². The van der Waals surface area contributed by atoms with Crippen LogP contribution in [0.2, 0.25) is 5.15 Å². The standard InChI is InChI=1S/C23H30ClN5O2S/c1-4-5-6-22(31)29-12-11-28(14-17(29)3)20-13-19(24)26-23(27-20)32-15-21(30)25-18-9-7-16(2)8-10-18/h7-10,13,17H,4-6,11-12,14-15H2,1-3H3,(H,25,30). The highest BCUT2D eigenvalue weighted by molar-refractivity contribution is 7.99. The number of anilines is 2. The van der Waals surface area contributed by atoms with E-state index in [2.05, 4.69) is 34.0 Å². The minimum absolute atomic E-state index is 0.0956. The van der Waals surface area contributed by atoms with Gasteiger partial charge in [0.2, 0.25) is 11.8 Å². The average Bonchev–Trinajstić information content (AvgIpc) is 2.77. The number of hydrogen-bond acceptors (Lipinski definition) is 6. The third kappa shape index (κ3) is 6.84. The highest BCUT2D eigenvalue weighted by Crippen LogP contribution is 2.24. The Morgan fingerprint density at radius 1 is 1.22 bits per heavy atom. The lowest BCUT2D eigenvalue weighted by Crippen LogP contribution is -2.54. The first kappa shape index (κ1) is 24.3. The van der Waals surface area contributed by atoms with E-state index in [1.54, 1.807) is 6.07 Å². The second kappa shape index (κ2) is 11.5. The smallest absolute Gasteiger partial charge is 0.234 e. The van der Waals surface area contributed by atoms with E-state index in [1.807, 2.05) is 36.1 Å². The van der Waals surface area contributed by atoms with Gasteiger partial charge in [-0.1, -0.05) is 54.4 Å². The number of unbranched alkanes of at least 4 members (excludes halogenated alkanes) is 1. The molecule has 1 unspecified atom stereocenters. The minimum atomic E-state index is -0.128. The topological polar surface area (TPSA) is 78.4 Å². The van der Waals surface area contributed by atoms with Crippen LogP contribution in [0.3, 0.4) is 0 Å². The molecular weight excluding hydrogens is 446 g/mol. The van der Waals surface area contributed by atoms with Gasteiger partial charge in [-0.05, 0) is 32.4 Å². The van der Waals surface area contributed by atoms with Gasteiger partial charge < -0.3 is 15.1 Å². The number of amides is 2. The van der Waals surface area contributed by atoms with Gasteiger partial charge in [-0.15, -0.1) is 0 Å². The summed E-state index contributed by atoms with van der Waals surface area (Å²) in [6.45, 7) is 8.18. The number of nitrogens with one attached hydrogen (secondary N) is 1. The van der Waals surface area contributed by atoms with Gasteiger partial charge in [-0.25, -0.2) is 9.97 Å². The van der Waals surface area contributed by atoms with Crippen molar-refractivity contribution in [3.8, 4) is 0 Å². The Balaban J connectivity index is 1.58. The maximum atomic E-state index is 12.4. The summed E-state index contributed by atoms with van der Waals surface area (Å²) < 4.78 is 0. The SMILES string of the molecule is CCCCC(=O)N1CCN(c2cc(Cl)nc(SCC(=O)Nc3ccc(C)cc3)n2)CC1C. The molecule has 0 aliphatic carbocycles. The van der Waals surface area contributed by atoms with Gasteiger partial charge in [-0.2, -0.15) is 0 Å². The van der Waals surface area contributed by atoms with Crippen LogP contribution < -0.4 is 10.2 Å². The van der Waals surface area contributed by atoms with Crippen LogP contribution in [-0.2, 0) is 9.59 Å². The summed E-state index contributed by atoms with van der Waals surface area (Å²) in [6, 6.07) is 9.48. The molecule has 3 rings (SSSR count). The monoisotopic (exact) mass is 475 g/mol. The predicted octanol–water partition coefficient (Wildman–Crippen LogP) is 4.40. The molecule has 32 heavy (non-hydrogen) atoms. The summed E-state index contributed by atoms with van der Waals surface area (Å²) in [6.07, 6.45) is 2.54. The Kier molecular flexibility index (Phi) is 8.75. The molecule has 172 valence electrons. The molecule has 9 heteroatoms. The van der Waals surface area contributed by atoms with Crippen molar-refractivity contribution in [1.29, 1.82) is 0 Å². The van der Waals surface area contributed by atoms with E-state index in [-0.39, 0.29) is 23.6 Å². The lowest BCUT2D eigenvalue weighted by molar-refractivity contribution is -0.133. The molecule has 2 aromatic rings. The Labute approximate surface area is 198 Å². The molecule has 0 saturated carbocycles. The zero-order valence-electron chi connectivity index (χ0n) is 18.8. The molecule has 1 aromatic carbocycles. The number of rotatable bonds is 8. The van der Waals surface area contributed by atoms with E-state index in [1.165, 1.54) is 11.8 Å². The fourth-order valence-electron chi connectivity index (χ4n) is 3.58. The number of benzene rings is 1. The van der Waals surface area contributed by atoms with Crippen molar-refractivity contribution in [3.05, 3.63) is 41.0 Å². The Hall–Kier alpha value is -2.32. The van der Waals surface area contributed by atoms with E-state index in [0.717, 1.165) is 29.9 Å². The zero-order valence-corrected chi connectivity index (χ0v) is 20.4. The second-order valence-corrected chi connectivity index (χ2v) is 9.35. The lowest BCUT2D eigenvalue weighted by Gasteiger charge is -2.40. The highest BCUT2D eigenvalue weighted by atomic mass is 35.5. The largest absolute Gasteiger partial charge is 0.353 e. The van der Waals surface area contributed by atoms with Crippen molar-refractivity contribution in [2.45, 2.75) is 51.2 Å². The number of piperazine rings is 1. The van der Waals surface area contributed by atoms with Crippen molar-refractivity contribution in [3.63, 3.8) is 0 Å². The summed E-state index contributed by atoms with van der Waals surface area (Å²) >= 11 is 7.49. The summed E-state index contributed by atoms with van der Waals surface area (Å²) in [4.78, 5) is 37.7.